The van der Waals surface area contributed by atoms with Crippen LogP contribution in [-0.4, -0.2) is 20.8 Å². The fraction of sp³-hybridized carbons (Fsp3) is 0.286. The highest BCUT2D eigenvalue weighted by atomic mass is 79.9. The quantitative estimate of drug-likeness (QED) is 0.383. The Hall–Kier alpha value is -2.02. The average Bonchev–Trinajstić information content (AvgIpc) is 2.71. The molecule has 6 nitrogen and oxygen atoms in total. The molecular weight excluding hydrogens is 336 g/mol. The molecule has 0 atom stereocenters. The van der Waals surface area contributed by atoms with E-state index in [2.05, 4.69) is 26.2 Å². The first-order valence-electron chi connectivity index (χ1n) is 6.33. The Bertz CT molecular complexity index is 695. The van der Waals surface area contributed by atoms with E-state index in [1.54, 1.807) is 16.8 Å². The van der Waals surface area contributed by atoms with E-state index in [1.807, 2.05) is 27.0 Å². The number of oxime groups is 1. The van der Waals surface area contributed by atoms with Crippen molar-refractivity contribution in [3.63, 3.8) is 0 Å². The van der Waals surface area contributed by atoms with Gasteiger partial charge in [0.1, 0.15) is 12.4 Å². The number of amidine groups is 1. The van der Waals surface area contributed by atoms with Crippen LogP contribution in [-0.2, 0) is 13.7 Å². The van der Waals surface area contributed by atoms with Crippen molar-refractivity contribution in [2.75, 3.05) is 0 Å². The lowest BCUT2D eigenvalue weighted by atomic mass is 10.1. The highest BCUT2D eigenvalue weighted by Crippen LogP contribution is 2.24. The van der Waals surface area contributed by atoms with Gasteiger partial charge in [-0.1, -0.05) is 17.3 Å². The lowest BCUT2D eigenvalue weighted by Gasteiger charge is -2.11. The maximum Gasteiger partial charge on any atom is 0.170 e. The van der Waals surface area contributed by atoms with Crippen LogP contribution in [0, 0.1) is 13.8 Å². The van der Waals surface area contributed by atoms with Crippen LogP contribution in [0.2, 0.25) is 0 Å². The van der Waals surface area contributed by atoms with Crippen molar-refractivity contribution < 1.29 is 9.94 Å². The maximum absolute atomic E-state index is 8.74. The zero-order valence-corrected chi connectivity index (χ0v) is 13.7. The number of aryl methyl sites for hydroxylation is 3. The van der Waals surface area contributed by atoms with Crippen LogP contribution in [0.25, 0.3) is 0 Å². The zero-order valence-electron chi connectivity index (χ0n) is 12.1. The lowest BCUT2D eigenvalue weighted by Crippen LogP contribution is -2.13. The van der Waals surface area contributed by atoms with Crippen molar-refractivity contribution in [1.82, 2.24) is 9.78 Å². The Morgan fingerprint density at radius 3 is 2.76 bits per heavy atom. The van der Waals surface area contributed by atoms with E-state index in [1.165, 1.54) is 0 Å². The summed E-state index contributed by atoms with van der Waals surface area (Å²) in [5, 5.41) is 16.1. The van der Waals surface area contributed by atoms with Crippen LogP contribution in [0.1, 0.15) is 22.5 Å². The molecule has 0 fully saturated rings. The van der Waals surface area contributed by atoms with Crippen LogP contribution in [0.4, 0.5) is 0 Å². The smallest absolute Gasteiger partial charge is 0.170 e. The van der Waals surface area contributed by atoms with E-state index < -0.39 is 0 Å². The Balaban J connectivity index is 2.23. The molecule has 0 amide bonds. The number of hydrogen-bond donors (Lipinski definition) is 2. The largest absolute Gasteiger partial charge is 0.487 e. The highest BCUT2D eigenvalue weighted by Gasteiger charge is 2.12. The van der Waals surface area contributed by atoms with E-state index in [0.29, 0.717) is 17.9 Å². The van der Waals surface area contributed by atoms with Gasteiger partial charge in [-0.05, 0) is 41.4 Å². The molecule has 0 radical (unpaired) electrons. The molecule has 0 saturated carbocycles. The Kier molecular flexibility index (Phi) is 4.52. The Morgan fingerprint density at radius 2 is 2.19 bits per heavy atom. The van der Waals surface area contributed by atoms with Gasteiger partial charge >= 0.3 is 0 Å². The molecule has 0 bridgehead atoms. The lowest BCUT2D eigenvalue weighted by molar-refractivity contribution is 0.292. The Morgan fingerprint density at radius 1 is 1.48 bits per heavy atom. The molecule has 2 aromatic rings. The van der Waals surface area contributed by atoms with Gasteiger partial charge in [-0.2, -0.15) is 5.10 Å². The van der Waals surface area contributed by atoms with E-state index in [-0.39, 0.29) is 5.84 Å². The van der Waals surface area contributed by atoms with E-state index in [4.69, 9.17) is 15.7 Å². The van der Waals surface area contributed by atoms with Crippen LogP contribution in [0.5, 0.6) is 5.75 Å². The van der Waals surface area contributed by atoms with Crippen molar-refractivity contribution >= 4 is 21.8 Å². The molecule has 1 aromatic heterocycles. The predicted octanol–water partition coefficient (Wildman–Crippen LogP) is 2.47. The Labute approximate surface area is 131 Å². The molecular formula is C14H17BrN4O2. The summed E-state index contributed by atoms with van der Waals surface area (Å²) in [6, 6.07) is 5.40. The average molecular weight is 353 g/mol. The minimum Gasteiger partial charge on any atom is -0.487 e. The van der Waals surface area contributed by atoms with E-state index >= 15 is 0 Å². The minimum atomic E-state index is 0.0532. The van der Waals surface area contributed by atoms with Gasteiger partial charge in [-0.15, -0.1) is 0 Å². The summed E-state index contributed by atoms with van der Waals surface area (Å²) in [6.45, 7) is 4.24. The third kappa shape index (κ3) is 3.18. The summed E-state index contributed by atoms with van der Waals surface area (Å²) in [5.41, 5.74) is 9.04. The number of nitrogens with two attached hydrogens (primary N) is 1. The molecule has 1 aromatic carbocycles. The topological polar surface area (TPSA) is 85.7 Å². The predicted molar refractivity (Wildman–Crippen MR) is 83.7 cm³/mol. The molecule has 112 valence electrons. The zero-order chi connectivity index (χ0) is 15.6. The first-order valence-corrected chi connectivity index (χ1v) is 7.12. The molecule has 0 aliphatic rings. The van der Waals surface area contributed by atoms with Crippen LogP contribution < -0.4 is 10.5 Å². The van der Waals surface area contributed by atoms with Gasteiger partial charge in [-0.3, -0.25) is 4.68 Å². The standard InChI is InChI=1S/C14H17BrN4O2/c1-8-4-5-10(14(16)18-20)6-12(8)21-7-11-13(15)9(2)17-19(11)3/h4-6,20H,7H2,1-3H3,(H2,16,18). The van der Waals surface area contributed by atoms with Crippen LogP contribution in [0.3, 0.4) is 0 Å². The number of hydrogen-bond acceptors (Lipinski definition) is 4. The summed E-state index contributed by atoms with van der Waals surface area (Å²) in [7, 11) is 1.87. The molecule has 7 heteroatoms. The third-order valence-corrected chi connectivity index (χ3v) is 4.25. The summed E-state index contributed by atoms with van der Waals surface area (Å²) in [6.07, 6.45) is 0. The molecule has 3 N–H and O–H groups in total. The number of aromatic nitrogens is 2. The highest BCUT2D eigenvalue weighted by molar-refractivity contribution is 9.10. The number of rotatable bonds is 4. The summed E-state index contributed by atoms with van der Waals surface area (Å²) >= 11 is 3.51. The number of ether oxygens (including phenoxy) is 1. The second kappa shape index (κ2) is 6.17. The summed E-state index contributed by atoms with van der Waals surface area (Å²) in [5.74, 6) is 0.738. The van der Waals surface area contributed by atoms with Gasteiger partial charge in [0, 0.05) is 12.6 Å². The van der Waals surface area contributed by atoms with Crippen molar-refractivity contribution in [1.29, 1.82) is 0 Å². The van der Waals surface area contributed by atoms with Crippen molar-refractivity contribution in [3.05, 3.63) is 45.2 Å². The van der Waals surface area contributed by atoms with Crippen LogP contribution in [0.15, 0.2) is 27.8 Å². The second-order valence-corrected chi connectivity index (χ2v) is 5.52. The fourth-order valence-corrected chi connectivity index (χ4v) is 2.41. The van der Waals surface area contributed by atoms with Crippen LogP contribution >= 0.6 is 15.9 Å². The van der Waals surface area contributed by atoms with Gasteiger partial charge in [0.15, 0.2) is 5.84 Å². The number of benzene rings is 1. The molecule has 0 aliphatic carbocycles. The van der Waals surface area contributed by atoms with Crippen molar-refractivity contribution in [3.8, 4) is 5.75 Å². The molecule has 0 saturated heterocycles. The molecule has 0 unspecified atom stereocenters. The van der Waals surface area contributed by atoms with Crippen molar-refractivity contribution in [2.24, 2.45) is 17.9 Å². The molecule has 1 heterocycles. The molecule has 2 rings (SSSR count). The minimum absolute atomic E-state index is 0.0532. The molecule has 0 spiro atoms. The summed E-state index contributed by atoms with van der Waals surface area (Å²) in [4.78, 5) is 0. The van der Waals surface area contributed by atoms with Crippen molar-refractivity contribution in [2.45, 2.75) is 20.5 Å². The van der Waals surface area contributed by atoms with E-state index in [0.717, 1.165) is 21.4 Å². The third-order valence-electron chi connectivity index (χ3n) is 3.22. The van der Waals surface area contributed by atoms with Gasteiger partial charge in [0.05, 0.1) is 15.9 Å². The maximum atomic E-state index is 8.74. The molecule has 0 aliphatic heterocycles. The first kappa shape index (κ1) is 15.4. The monoisotopic (exact) mass is 352 g/mol. The summed E-state index contributed by atoms with van der Waals surface area (Å²) < 4.78 is 8.57. The normalized spacial score (nSPS) is 11.7. The van der Waals surface area contributed by atoms with E-state index in [9.17, 15) is 0 Å². The first-order chi connectivity index (χ1) is 9.93. The van der Waals surface area contributed by atoms with Gasteiger partial charge < -0.3 is 15.7 Å². The fourth-order valence-electron chi connectivity index (χ4n) is 1.96. The second-order valence-electron chi connectivity index (χ2n) is 4.72. The van der Waals surface area contributed by atoms with Gasteiger partial charge in [-0.25, -0.2) is 0 Å². The van der Waals surface area contributed by atoms with Gasteiger partial charge in [0.2, 0.25) is 0 Å². The SMILES string of the molecule is Cc1ccc(/C(N)=N/O)cc1OCc1c(Br)c(C)nn1C. The number of nitrogens with zero attached hydrogens (tertiary/aromatic N) is 3. The molecule has 21 heavy (non-hydrogen) atoms. The number of halogens is 1. The van der Waals surface area contributed by atoms with Gasteiger partial charge in [0.25, 0.3) is 0 Å².